The second-order valence-corrected chi connectivity index (χ2v) is 6.43. The van der Waals surface area contributed by atoms with E-state index in [4.69, 9.17) is 21.4 Å². The fraction of sp³-hybridized carbons (Fsp3) is 0.471. The first-order valence-electron chi connectivity index (χ1n) is 8.42. The Bertz CT molecular complexity index is 652. The molecule has 0 radical (unpaired) electrons. The fourth-order valence-electron chi connectivity index (χ4n) is 2.75. The molecule has 142 valence electrons. The van der Waals surface area contributed by atoms with Gasteiger partial charge in [-0.1, -0.05) is 31.4 Å². The maximum atomic E-state index is 12.5. The molecule has 1 heterocycles. The summed E-state index contributed by atoms with van der Waals surface area (Å²) in [6, 6.07) is 4.77. The van der Waals surface area contributed by atoms with Gasteiger partial charge in [0.2, 0.25) is 5.91 Å². The van der Waals surface area contributed by atoms with Crippen LogP contribution in [-0.4, -0.2) is 53.3 Å². The number of halogens is 1. The number of carbonyl (C=O) groups excluding carboxylic acids is 2. The normalized spacial score (nSPS) is 19.3. The SMILES string of the molecule is CCCCCN1C[C@H](OC(=O)O)[C@@H](NC(=O)Nc2ccc(Cl)cc2)C1=O. The smallest absolute Gasteiger partial charge is 0.450 e. The van der Waals surface area contributed by atoms with Gasteiger partial charge in [0, 0.05) is 17.3 Å². The number of likely N-dealkylation sites (tertiary alicyclic amines) is 1. The van der Waals surface area contributed by atoms with Gasteiger partial charge in [-0.15, -0.1) is 0 Å². The van der Waals surface area contributed by atoms with Crippen molar-refractivity contribution in [3.8, 4) is 0 Å². The average Bonchev–Trinajstić information content (AvgIpc) is 2.85. The molecular formula is C17H22ClN3O5. The number of rotatable bonds is 7. The number of amides is 3. The Morgan fingerprint density at radius 2 is 2.00 bits per heavy atom. The second kappa shape index (κ2) is 9.28. The molecule has 3 N–H and O–H groups in total. The third-order valence-electron chi connectivity index (χ3n) is 4.02. The van der Waals surface area contributed by atoms with Crippen LogP contribution in [0.4, 0.5) is 15.3 Å². The summed E-state index contributed by atoms with van der Waals surface area (Å²) in [4.78, 5) is 37.1. The number of hydrogen-bond donors (Lipinski definition) is 3. The Balaban J connectivity index is 2.00. The highest BCUT2D eigenvalue weighted by Crippen LogP contribution is 2.18. The predicted molar refractivity (Wildman–Crippen MR) is 96.4 cm³/mol. The van der Waals surface area contributed by atoms with Gasteiger partial charge < -0.3 is 25.4 Å². The number of carbonyl (C=O) groups is 3. The molecule has 2 rings (SSSR count). The molecule has 9 heteroatoms. The van der Waals surface area contributed by atoms with E-state index in [1.807, 2.05) is 6.92 Å². The molecule has 1 aromatic rings. The molecule has 1 saturated heterocycles. The minimum Gasteiger partial charge on any atom is -0.450 e. The number of carboxylic acid groups (broad SMARTS) is 1. The number of unbranched alkanes of at least 4 members (excludes halogenated alkanes) is 2. The van der Waals surface area contributed by atoms with Gasteiger partial charge in [0.1, 0.15) is 6.04 Å². The summed E-state index contributed by atoms with van der Waals surface area (Å²) in [5, 5.41) is 14.5. The van der Waals surface area contributed by atoms with Crippen LogP contribution in [-0.2, 0) is 9.53 Å². The predicted octanol–water partition coefficient (Wildman–Crippen LogP) is 2.93. The largest absolute Gasteiger partial charge is 0.506 e. The van der Waals surface area contributed by atoms with E-state index in [0.717, 1.165) is 19.3 Å². The first kappa shape index (κ1) is 19.8. The Morgan fingerprint density at radius 1 is 1.31 bits per heavy atom. The molecular weight excluding hydrogens is 362 g/mol. The van der Waals surface area contributed by atoms with E-state index in [2.05, 4.69) is 10.6 Å². The summed E-state index contributed by atoms with van der Waals surface area (Å²) in [5.41, 5.74) is 0.493. The Labute approximate surface area is 156 Å². The van der Waals surface area contributed by atoms with Crippen LogP contribution in [0.5, 0.6) is 0 Å². The lowest BCUT2D eigenvalue weighted by Gasteiger charge is -2.17. The van der Waals surface area contributed by atoms with Crippen molar-refractivity contribution < 1.29 is 24.2 Å². The van der Waals surface area contributed by atoms with Gasteiger partial charge in [0.25, 0.3) is 0 Å². The van der Waals surface area contributed by atoms with Crippen molar-refractivity contribution in [3.05, 3.63) is 29.3 Å². The Kier molecular flexibility index (Phi) is 7.08. The molecule has 26 heavy (non-hydrogen) atoms. The number of urea groups is 1. The lowest BCUT2D eigenvalue weighted by atomic mass is 10.2. The van der Waals surface area contributed by atoms with Gasteiger partial charge in [0.05, 0.1) is 6.54 Å². The summed E-state index contributed by atoms with van der Waals surface area (Å²) in [6.45, 7) is 2.68. The molecule has 3 amide bonds. The summed E-state index contributed by atoms with van der Waals surface area (Å²) >= 11 is 5.79. The molecule has 0 unspecified atom stereocenters. The molecule has 1 fully saturated rings. The van der Waals surface area contributed by atoms with Gasteiger partial charge in [-0.3, -0.25) is 4.79 Å². The van der Waals surface area contributed by atoms with Crippen LogP contribution in [0.15, 0.2) is 24.3 Å². The minimum absolute atomic E-state index is 0.126. The molecule has 1 aliphatic heterocycles. The average molecular weight is 384 g/mol. The van der Waals surface area contributed by atoms with Crippen molar-refractivity contribution in [2.45, 2.75) is 38.3 Å². The molecule has 0 bridgehead atoms. The number of benzene rings is 1. The first-order chi connectivity index (χ1) is 12.4. The van der Waals surface area contributed by atoms with Gasteiger partial charge in [0.15, 0.2) is 6.10 Å². The second-order valence-electron chi connectivity index (χ2n) is 6.00. The number of nitrogens with one attached hydrogen (secondary N) is 2. The molecule has 0 saturated carbocycles. The van der Waals surface area contributed by atoms with Crippen LogP contribution in [0.2, 0.25) is 5.02 Å². The number of hydrogen-bond acceptors (Lipinski definition) is 4. The zero-order chi connectivity index (χ0) is 19.1. The van der Waals surface area contributed by atoms with Crippen molar-refractivity contribution in [2.24, 2.45) is 0 Å². The van der Waals surface area contributed by atoms with Crippen LogP contribution in [0.1, 0.15) is 26.2 Å². The number of anilines is 1. The molecule has 2 atom stereocenters. The van der Waals surface area contributed by atoms with E-state index in [1.54, 1.807) is 24.3 Å². The monoisotopic (exact) mass is 383 g/mol. The van der Waals surface area contributed by atoms with E-state index in [9.17, 15) is 14.4 Å². The van der Waals surface area contributed by atoms with Crippen molar-refractivity contribution in [3.63, 3.8) is 0 Å². The van der Waals surface area contributed by atoms with Gasteiger partial charge in [-0.2, -0.15) is 0 Å². The van der Waals surface area contributed by atoms with Crippen LogP contribution < -0.4 is 10.6 Å². The van der Waals surface area contributed by atoms with E-state index < -0.39 is 24.3 Å². The van der Waals surface area contributed by atoms with Gasteiger partial charge >= 0.3 is 12.2 Å². The quantitative estimate of drug-likeness (QED) is 0.495. The number of nitrogens with zero attached hydrogens (tertiary/aromatic N) is 1. The van der Waals surface area contributed by atoms with E-state index in [0.29, 0.717) is 17.3 Å². The van der Waals surface area contributed by atoms with Crippen molar-refractivity contribution in [2.75, 3.05) is 18.4 Å². The highest BCUT2D eigenvalue weighted by atomic mass is 35.5. The van der Waals surface area contributed by atoms with Crippen LogP contribution in [0, 0.1) is 0 Å². The third kappa shape index (κ3) is 5.52. The van der Waals surface area contributed by atoms with E-state index >= 15 is 0 Å². The minimum atomic E-state index is -1.48. The van der Waals surface area contributed by atoms with Gasteiger partial charge in [-0.25, -0.2) is 9.59 Å². The zero-order valence-electron chi connectivity index (χ0n) is 14.4. The summed E-state index contributed by atoms with van der Waals surface area (Å²) in [6.07, 6.45) is 0.345. The summed E-state index contributed by atoms with van der Waals surface area (Å²) < 4.78 is 4.79. The van der Waals surface area contributed by atoms with Crippen LogP contribution in [0.3, 0.4) is 0 Å². The standard InChI is InChI=1S/C17H22ClN3O5/c1-2-3-4-9-21-10-13(26-17(24)25)14(15(21)22)20-16(23)19-12-7-5-11(18)6-8-12/h5-8,13-14H,2-4,9-10H2,1H3,(H,24,25)(H2,19,20,23)/t13-,14+/m0/s1. The molecule has 0 aromatic heterocycles. The molecule has 0 aliphatic carbocycles. The van der Waals surface area contributed by atoms with E-state index in [-0.39, 0.29) is 12.5 Å². The molecule has 8 nitrogen and oxygen atoms in total. The lowest BCUT2D eigenvalue weighted by molar-refractivity contribution is -0.129. The molecule has 1 aromatic carbocycles. The highest BCUT2D eigenvalue weighted by molar-refractivity contribution is 6.30. The maximum Gasteiger partial charge on any atom is 0.506 e. The molecule has 0 spiro atoms. The zero-order valence-corrected chi connectivity index (χ0v) is 15.2. The highest BCUT2D eigenvalue weighted by Gasteiger charge is 2.43. The lowest BCUT2D eigenvalue weighted by Crippen LogP contribution is -2.48. The number of ether oxygens (including phenoxy) is 1. The van der Waals surface area contributed by atoms with Gasteiger partial charge in [-0.05, 0) is 30.7 Å². The topological polar surface area (TPSA) is 108 Å². The van der Waals surface area contributed by atoms with Crippen molar-refractivity contribution >= 4 is 35.4 Å². The fourth-order valence-corrected chi connectivity index (χ4v) is 2.88. The first-order valence-corrected chi connectivity index (χ1v) is 8.80. The Morgan fingerprint density at radius 3 is 2.62 bits per heavy atom. The van der Waals surface area contributed by atoms with Crippen LogP contribution >= 0.6 is 11.6 Å². The molecule has 1 aliphatic rings. The summed E-state index contributed by atoms with van der Waals surface area (Å²) in [5.74, 6) is -0.349. The third-order valence-corrected chi connectivity index (χ3v) is 4.27. The van der Waals surface area contributed by atoms with Crippen molar-refractivity contribution in [1.82, 2.24) is 10.2 Å². The van der Waals surface area contributed by atoms with Crippen LogP contribution in [0.25, 0.3) is 0 Å². The van der Waals surface area contributed by atoms with E-state index in [1.165, 1.54) is 4.90 Å². The summed E-state index contributed by atoms with van der Waals surface area (Å²) in [7, 11) is 0. The Hall–Kier alpha value is -2.48. The van der Waals surface area contributed by atoms with Crippen molar-refractivity contribution in [1.29, 1.82) is 0 Å². The maximum absolute atomic E-state index is 12.5.